The lowest BCUT2D eigenvalue weighted by molar-refractivity contribution is -0.185. The van der Waals surface area contributed by atoms with Gasteiger partial charge in [-0.1, -0.05) is 84.5 Å². The first kappa shape index (κ1) is 32.9. The lowest BCUT2D eigenvalue weighted by Gasteiger charge is -2.25. The molecule has 34 heavy (non-hydrogen) atoms. The molecule has 5 nitrogen and oxygen atoms in total. The normalized spacial score (nSPS) is 13.0. The van der Waals surface area contributed by atoms with Gasteiger partial charge in [0.2, 0.25) is 0 Å². The first-order valence-electron chi connectivity index (χ1n) is 14.1. The molecule has 0 aromatic carbocycles. The van der Waals surface area contributed by atoms with Gasteiger partial charge in [-0.05, 0) is 60.3 Å². The van der Waals surface area contributed by atoms with Crippen LogP contribution in [0.5, 0.6) is 0 Å². The summed E-state index contributed by atoms with van der Waals surface area (Å²) in [6, 6.07) is 0. The largest absolute Gasteiger partial charge is 0.465 e. The molecule has 0 aliphatic carbocycles. The lowest BCUT2D eigenvalue weighted by atomic mass is 9.87. The van der Waals surface area contributed by atoms with E-state index in [9.17, 15) is 9.59 Å². The molecule has 0 fully saturated rings. The third kappa shape index (κ3) is 16.5. The van der Waals surface area contributed by atoms with Crippen molar-refractivity contribution in [1.82, 2.24) is 0 Å². The summed E-state index contributed by atoms with van der Waals surface area (Å²) in [6.07, 6.45) is 15.8. The van der Waals surface area contributed by atoms with Gasteiger partial charge in [-0.3, -0.25) is 9.59 Å². The molecule has 0 saturated heterocycles. The maximum Gasteiger partial charge on any atom is 0.313 e. The first-order valence-corrected chi connectivity index (χ1v) is 14.1. The van der Waals surface area contributed by atoms with Crippen LogP contribution in [0.3, 0.4) is 0 Å². The molecule has 0 bridgehead atoms. The molecule has 0 aromatic heterocycles. The van der Waals surface area contributed by atoms with E-state index in [-0.39, 0.29) is 11.9 Å². The minimum Gasteiger partial charge on any atom is -0.465 e. The van der Waals surface area contributed by atoms with Gasteiger partial charge in [-0.25, -0.2) is 0 Å². The van der Waals surface area contributed by atoms with Gasteiger partial charge in [0.25, 0.3) is 0 Å². The van der Waals surface area contributed by atoms with Gasteiger partial charge in [-0.2, -0.15) is 0 Å². The molecule has 0 heterocycles. The summed E-state index contributed by atoms with van der Waals surface area (Å²) in [4.78, 5) is 24.9. The van der Waals surface area contributed by atoms with Gasteiger partial charge < -0.3 is 14.2 Å². The summed E-state index contributed by atoms with van der Waals surface area (Å²) in [5.74, 6) is -0.302. The van der Waals surface area contributed by atoms with Gasteiger partial charge >= 0.3 is 11.9 Å². The number of carbonyl (C=O) groups is 2. The summed E-state index contributed by atoms with van der Waals surface area (Å²) in [5, 5.41) is 0. The highest BCUT2D eigenvalue weighted by Crippen LogP contribution is 2.27. The summed E-state index contributed by atoms with van der Waals surface area (Å²) in [6.45, 7) is 15.0. The van der Waals surface area contributed by atoms with Crippen LogP contribution < -0.4 is 0 Å². The summed E-state index contributed by atoms with van der Waals surface area (Å²) >= 11 is 0. The molecule has 0 aliphatic rings. The van der Waals surface area contributed by atoms with Gasteiger partial charge in [0.15, 0.2) is 6.29 Å². The summed E-state index contributed by atoms with van der Waals surface area (Å²) in [7, 11) is 0. The fraction of sp³-hybridized carbons (Fsp3) is 0.931. The predicted molar refractivity (Wildman–Crippen MR) is 141 cm³/mol. The average molecular weight is 485 g/mol. The number of carbonyl (C=O) groups excluding carboxylic acids is 2. The Kier molecular flexibility index (Phi) is 18.5. The van der Waals surface area contributed by atoms with E-state index < -0.39 is 17.1 Å². The number of unbranched alkanes of at least 4 members (excludes halogenated alkanes) is 10. The van der Waals surface area contributed by atoms with E-state index in [0.717, 1.165) is 44.9 Å². The van der Waals surface area contributed by atoms with Crippen molar-refractivity contribution in [3.05, 3.63) is 0 Å². The maximum absolute atomic E-state index is 12.6. The van der Waals surface area contributed by atoms with Crippen molar-refractivity contribution in [2.24, 2.45) is 10.8 Å². The van der Waals surface area contributed by atoms with Crippen LogP contribution in [0.25, 0.3) is 0 Å². The Bertz CT molecular complexity index is 527. The van der Waals surface area contributed by atoms with Crippen molar-refractivity contribution in [3.63, 3.8) is 0 Å². The second kappa shape index (κ2) is 19.1. The molecule has 1 atom stereocenters. The molecule has 5 heteroatoms. The molecule has 0 aliphatic heterocycles. The van der Waals surface area contributed by atoms with E-state index in [1.807, 2.05) is 27.7 Å². The minimum atomic E-state index is -0.554. The Morgan fingerprint density at radius 3 is 1.65 bits per heavy atom. The fourth-order valence-corrected chi connectivity index (χ4v) is 3.88. The zero-order valence-electron chi connectivity index (χ0n) is 23.6. The second-order valence-corrected chi connectivity index (χ2v) is 11.1. The van der Waals surface area contributed by atoms with Crippen molar-refractivity contribution in [1.29, 1.82) is 0 Å². The van der Waals surface area contributed by atoms with E-state index in [4.69, 9.17) is 14.2 Å². The van der Waals surface area contributed by atoms with Crippen molar-refractivity contribution >= 4 is 11.9 Å². The van der Waals surface area contributed by atoms with Crippen LogP contribution in [-0.4, -0.2) is 31.4 Å². The zero-order valence-corrected chi connectivity index (χ0v) is 23.6. The number of rotatable bonds is 22. The topological polar surface area (TPSA) is 61.8 Å². The predicted octanol–water partition coefficient (Wildman–Crippen LogP) is 8.38. The number of hydrogen-bond donors (Lipinski definition) is 0. The lowest BCUT2D eigenvalue weighted by Crippen LogP contribution is -2.31. The minimum absolute atomic E-state index is 0.115. The molecule has 0 spiro atoms. The molecule has 1 unspecified atom stereocenters. The van der Waals surface area contributed by atoms with E-state index in [1.54, 1.807) is 6.92 Å². The third-order valence-electron chi connectivity index (χ3n) is 6.56. The molecule has 0 radical (unpaired) electrons. The van der Waals surface area contributed by atoms with Gasteiger partial charge in [0.1, 0.15) is 0 Å². The molecular formula is C29H56O5. The van der Waals surface area contributed by atoms with Gasteiger partial charge in [-0.15, -0.1) is 0 Å². The van der Waals surface area contributed by atoms with E-state index >= 15 is 0 Å². The highest BCUT2D eigenvalue weighted by Gasteiger charge is 2.30. The highest BCUT2D eigenvalue weighted by atomic mass is 16.7. The van der Waals surface area contributed by atoms with E-state index in [1.165, 1.54) is 51.4 Å². The van der Waals surface area contributed by atoms with Crippen LogP contribution in [-0.2, 0) is 23.8 Å². The fourth-order valence-electron chi connectivity index (χ4n) is 3.88. The Hall–Kier alpha value is -1.10. The SMILES string of the molecule is CCCCCCCCCC(C)(C)C(=O)OC(C)OCCCCC(C)(C)C(=O)OCCCCCC. The monoisotopic (exact) mass is 484 g/mol. The summed E-state index contributed by atoms with van der Waals surface area (Å²) in [5.41, 5.74) is -0.967. The van der Waals surface area contributed by atoms with Crippen LogP contribution in [0.2, 0.25) is 0 Å². The number of ether oxygens (including phenoxy) is 3. The molecule has 202 valence electrons. The van der Waals surface area contributed by atoms with Crippen molar-refractivity contribution in [2.45, 2.75) is 151 Å². The van der Waals surface area contributed by atoms with Crippen molar-refractivity contribution in [3.8, 4) is 0 Å². The van der Waals surface area contributed by atoms with Crippen LogP contribution >= 0.6 is 0 Å². The molecule has 0 amide bonds. The first-order chi connectivity index (χ1) is 16.1. The van der Waals surface area contributed by atoms with Crippen LogP contribution in [0.4, 0.5) is 0 Å². The second-order valence-electron chi connectivity index (χ2n) is 11.1. The quantitative estimate of drug-likeness (QED) is 0.0877. The van der Waals surface area contributed by atoms with Gasteiger partial charge in [0.05, 0.1) is 24.0 Å². The Morgan fingerprint density at radius 2 is 1.06 bits per heavy atom. The number of hydrogen-bond acceptors (Lipinski definition) is 5. The molecule has 0 aromatic rings. The summed E-state index contributed by atoms with van der Waals surface area (Å²) < 4.78 is 16.7. The van der Waals surface area contributed by atoms with Crippen molar-refractivity contribution < 1.29 is 23.8 Å². The molecular weight excluding hydrogens is 428 g/mol. The zero-order chi connectivity index (χ0) is 25.9. The van der Waals surface area contributed by atoms with Gasteiger partial charge in [0, 0.05) is 0 Å². The van der Waals surface area contributed by atoms with Crippen molar-refractivity contribution in [2.75, 3.05) is 13.2 Å². The van der Waals surface area contributed by atoms with E-state index in [0.29, 0.717) is 13.2 Å². The van der Waals surface area contributed by atoms with Crippen LogP contribution in [0.15, 0.2) is 0 Å². The van der Waals surface area contributed by atoms with E-state index in [2.05, 4.69) is 13.8 Å². The molecule has 0 rings (SSSR count). The molecule has 0 saturated carbocycles. The van der Waals surface area contributed by atoms with Crippen LogP contribution in [0.1, 0.15) is 145 Å². The smallest absolute Gasteiger partial charge is 0.313 e. The average Bonchev–Trinajstić information content (AvgIpc) is 2.77. The highest BCUT2D eigenvalue weighted by molar-refractivity contribution is 5.76. The standard InChI is InChI=1S/C29H56O5/c1-8-10-12-14-15-16-17-21-29(6,7)27(31)34-25(3)32-23-20-18-22-28(4,5)26(30)33-24-19-13-11-9-2/h25H,8-24H2,1-7H3. The maximum atomic E-state index is 12.6. The Labute approximate surface area is 211 Å². The Morgan fingerprint density at radius 1 is 0.618 bits per heavy atom. The number of esters is 2. The third-order valence-corrected chi connectivity index (χ3v) is 6.56. The van der Waals surface area contributed by atoms with Crippen LogP contribution in [0, 0.1) is 10.8 Å². The molecule has 0 N–H and O–H groups in total. The Balaban J connectivity index is 3.99.